The Bertz CT molecular complexity index is 1810. The fraction of sp³-hybridized carbons (Fsp3) is 0.182. The number of methoxy groups -OCH3 is 2. The number of halogens is 2. The highest BCUT2D eigenvalue weighted by molar-refractivity contribution is 5.93. The second-order valence-corrected chi connectivity index (χ2v) is 9.55. The Morgan fingerprint density at radius 2 is 1.74 bits per heavy atom. The van der Waals surface area contributed by atoms with Crippen LogP contribution in [-0.2, 0) is 29.0 Å². The lowest BCUT2D eigenvalue weighted by molar-refractivity contribution is 0.0601. The van der Waals surface area contributed by atoms with Gasteiger partial charge in [-0.1, -0.05) is 36.4 Å². The monoisotopic (exact) mass is 567 g/mol. The highest BCUT2D eigenvalue weighted by atomic mass is 19.1. The quantitative estimate of drug-likeness (QED) is 0.180. The number of carbonyl (C=O) groups is 1. The number of carbonyl (C=O) groups excluding carboxylic acids is 1. The van der Waals surface area contributed by atoms with Gasteiger partial charge in [-0.2, -0.15) is 5.26 Å². The van der Waals surface area contributed by atoms with Crippen LogP contribution in [0.2, 0.25) is 0 Å². The average molecular weight is 568 g/mol. The second-order valence-electron chi connectivity index (χ2n) is 9.55. The van der Waals surface area contributed by atoms with Crippen molar-refractivity contribution in [2.24, 2.45) is 0 Å². The maximum Gasteiger partial charge on any atom is 0.337 e. The van der Waals surface area contributed by atoms with Gasteiger partial charge in [0, 0.05) is 31.2 Å². The molecule has 0 amide bonds. The van der Waals surface area contributed by atoms with Gasteiger partial charge in [0.25, 0.3) is 0 Å². The van der Waals surface area contributed by atoms with Gasteiger partial charge in [-0.15, -0.1) is 0 Å². The molecule has 0 aliphatic rings. The van der Waals surface area contributed by atoms with Crippen LogP contribution in [0.4, 0.5) is 8.78 Å². The number of ether oxygens (including phenoxy) is 3. The normalized spacial score (nSPS) is 10.9. The molecule has 0 aliphatic heterocycles. The fourth-order valence-electron chi connectivity index (χ4n) is 4.73. The average Bonchev–Trinajstić information content (AvgIpc) is 3.35. The van der Waals surface area contributed by atoms with Crippen molar-refractivity contribution < 1.29 is 27.8 Å². The summed E-state index contributed by atoms with van der Waals surface area (Å²) in [7, 11) is 2.92. The van der Waals surface area contributed by atoms with Gasteiger partial charge in [0.05, 0.1) is 41.9 Å². The fourth-order valence-corrected chi connectivity index (χ4v) is 4.73. The zero-order valence-corrected chi connectivity index (χ0v) is 23.1. The van der Waals surface area contributed by atoms with E-state index >= 15 is 4.39 Å². The van der Waals surface area contributed by atoms with Crippen molar-refractivity contribution >= 4 is 17.0 Å². The number of benzene rings is 4. The van der Waals surface area contributed by atoms with E-state index in [0.29, 0.717) is 58.1 Å². The first-order valence-corrected chi connectivity index (χ1v) is 13.2. The molecule has 0 spiro atoms. The first-order chi connectivity index (χ1) is 20.4. The third kappa shape index (κ3) is 5.99. The Balaban J connectivity index is 1.41. The van der Waals surface area contributed by atoms with Crippen LogP contribution < -0.4 is 4.74 Å². The third-order valence-corrected chi connectivity index (χ3v) is 6.93. The third-order valence-electron chi connectivity index (χ3n) is 6.93. The first-order valence-electron chi connectivity index (χ1n) is 13.2. The molecule has 0 N–H and O–H groups in total. The number of hydrogen-bond donors (Lipinski definition) is 0. The van der Waals surface area contributed by atoms with E-state index in [2.05, 4.69) is 0 Å². The largest absolute Gasteiger partial charge is 0.488 e. The number of fused-ring (bicyclic) bond motifs is 1. The summed E-state index contributed by atoms with van der Waals surface area (Å²) < 4.78 is 47.9. The van der Waals surface area contributed by atoms with E-state index < -0.39 is 17.6 Å². The second kappa shape index (κ2) is 12.6. The van der Waals surface area contributed by atoms with Gasteiger partial charge in [-0.25, -0.2) is 18.6 Å². The Morgan fingerprint density at radius 1 is 0.952 bits per heavy atom. The number of esters is 1. The molecule has 0 saturated carbocycles. The molecule has 9 heteroatoms. The molecule has 0 unspecified atom stereocenters. The van der Waals surface area contributed by atoms with Crippen molar-refractivity contribution in [2.75, 3.05) is 20.8 Å². The zero-order valence-electron chi connectivity index (χ0n) is 23.1. The molecule has 212 valence electrons. The molecule has 0 aliphatic carbocycles. The standard InChI is InChI=1S/C33H27F2N3O4/c1-40-14-13-38-30-17-24(33(39)41-2)11-12-29(30)37-32(38)18-23-10-9-22(16-28(23)35)26-5-3-4-6-31(26)42-20-25-8-7-21(19-36)15-27(25)34/h3-12,15-17H,13-14,18,20H2,1-2H3. The molecule has 5 rings (SSSR count). The lowest BCUT2D eigenvalue weighted by Gasteiger charge is -2.14. The van der Waals surface area contributed by atoms with Gasteiger partial charge in [0.2, 0.25) is 0 Å². The highest BCUT2D eigenvalue weighted by Gasteiger charge is 2.17. The Kier molecular flexibility index (Phi) is 8.55. The molecule has 0 bridgehead atoms. The van der Waals surface area contributed by atoms with Gasteiger partial charge >= 0.3 is 5.97 Å². The van der Waals surface area contributed by atoms with E-state index in [9.17, 15) is 9.18 Å². The molecule has 0 atom stereocenters. The molecule has 0 fully saturated rings. The van der Waals surface area contributed by atoms with Crippen LogP contribution in [-0.4, -0.2) is 36.3 Å². The number of aromatic nitrogens is 2. The van der Waals surface area contributed by atoms with Crippen molar-refractivity contribution in [1.29, 1.82) is 5.26 Å². The minimum absolute atomic E-state index is 0.0511. The van der Waals surface area contributed by atoms with Gasteiger partial charge in [-0.3, -0.25) is 0 Å². The molecular weight excluding hydrogens is 540 g/mol. The number of hydrogen-bond acceptors (Lipinski definition) is 6. The van der Waals surface area contributed by atoms with E-state index in [0.717, 1.165) is 5.52 Å². The van der Waals surface area contributed by atoms with Gasteiger partial charge in [0.15, 0.2) is 0 Å². The summed E-state index contributed by atoms with van der Waals surface area (Å²) in [6.45, 7) is 0.827. The molecule has 0 saturated heterocycles. The lowest BCUT2D eigenvalue weighted by atomic mass is 10.0. The van der Waals surface area contributed by atoms with E-state index in [1.807, 2.05) is 22.8 Å². The number of rotatable bonds is 10. The van der Waals surface area contributed by atoms with E-state index in [-0.39, 0.29) is 18.6 Å². The van der Waals surface area contributed by atoms with E-state index in [1.54, 1.807) is 49.6 Å². The predicted molar refractivity (Wildman–Crippen MR) is 153 cm³/mol. The number of imidazole rings is 1. The summed E-state index contributed by atoms with van der Waals surface area (Å²) in [6.07, 6.45) is 0.216. The number of nitriles is 1. The SMILES string of the molecule is COCCn1c(Cc2ccc(-c3ccccc3OCc3ccc(C#N)cc3F)cc2F)nc2ccc(C(=O)OC)cc21. The number of nitrogens with zero attached hydrogens (tertiary/aromatic N) is 3. The molecule has 42 heavy (non-hydrogen) atoms. The first kappa shape index (κ1) is 28.5. The van der Waals surface area contributed by atoms with Crippen molar-refractivity contribution in [2.45, 2.75) is 19.6 Å². The van der Waals surface area contributed by atoms with Crippen molar-refractivity contribution in [1.82, 2.24) is 9.55 Å². The summed E-state index contributed by atoms with van der Waals surface area (Å²) in [5, 5.41) is 8.96. The Labute approximate surface area is 241 Å². The molecule has 7 nitrogen and oxygen atoms in total. The van der Waals surface area contributed by atoms with Crippen LogP contribution in [0.25, 0.3) is 22.2 Å². The van der Waals surface area contributed by atoms with Crippen LogP contribution in [0.3, 0.4) is 0 Å². The number of para-hydroxylation sites is 1. The van der Waals surface area contributed by atoms with E-state index in [4.69, 9.17) is 24.5 Å². The zero-order chi connectivity index (χ0) is 29.6. The molecule has 4 aromatic carbocycles. The summed E-state index contributed by atoms with van der Waals surface area (Å²) in [5.74, 6) is -0.299. The van der Waals surface area contributed by atoms with Crippen LogP contribution in [0, 0.1) is 23.0 Å². The van der Waals surface area contributed by atoms with Crippen LogP contribution in [0.15, 0.2) is 78.9 Å². The van der Waals surface area contributed by atoms with Crippen molar-refractivity contribution in [3.8, 4) is 22.9 Å². The van der Waals surface area contributed by atoms with Crippen LogP contribution in [0.1, 0.15) is 32.9 Å². The topological polar surface area (TPSA) is 86.4 Å². The lowest BCUT2D eigenvalue weighted by Crippen LogP contribution is -2.10. The Hall–Kier alpha value is -5.07. The van der Waals surface area contributed by atoms with Crippen molar-refractivity contribution in [3.05, 3.63) is 119 Å². The van der Waals surface area contributed by atoms with Gasteiger partial charge < -0.3 is 18.8 Å². The summed E-state index contributed by atoms with van der Waals surface area (Å²) >= 11 is 0. The Morgan fingerprint density at radius 3 is 2.48 bits per heavy atom. The molecule has 1 heterocycles. The highest BCUT2D eigenvalue weighted by Crippen LogP contribution is 2.32. The van der Waals surface area contributed by atoms with E-state index in [1.165, 1.54) is 31.4 Å². The maximum atomic E-state index is 15.5. The molecule has 5 aromatic rings. The summed E-state index contributed by atoms with van der Waals surface area (Å²) in [6, 6.07) is 23.3. The summed E-state index contributed by atoms with van der Waals surface area (Å²) in [4.78, 5) is 16.8. The molecule has 0 radical (unpaired) electrons. The smallest absolute Gasteiger partial charge is 0.337 e. The molecular formula is C33H27F2N3O4. The molecule has 1 aromatic heterocycles. The maximum absolute atomic E-state index is 15.5. The minimum atomic E-state index is -0.528. The summed E-state index contributed by atoms with van der Waals surface area (Å²) in [5.41, 5.74) is 4.03. The van der Waals surface area contributed by atoms with Crippen LogP contribution in [0.5, 0.6) is 5.75 Å². The van der Waals surface area contributed by atoms with Gasteiger partial charge in [0.1, 0.15) is 29.8 Å². The minimum Gasteiger partial charge on any atom is -0.488 e. The predicted octanol–water partition coefficient (Wildman–Crippen LogP) is 6.46. The van der Waals surface area contributed by atoms with Gasteiger partial charge in [-0.05, 0) is 53.6 Å². The van der Waals surface area contributed by atoms with Crippen LogP contribution >= 0.6 is 0 Å². The van der Waals surface area contributed by atoms with Crippen molar-refractivity contribution in [3.63, 3.8) is 0 Å².